The van der Waals surface area contributed by atoms with Crippen LogP contribution in [-0.2, 0) is 0 Å². The molecule has 78 valence electrons. The van der Waals surface area contributed by atoms with Crippen LogP contribution < -0.4 is 0 Å². The third kappa shape index (κ3) is 2.78. The van der Waals surface area contributed by atoms with Gasteiger partial charge in [0.1, 0.15) is 5.82 Å². The van der Waals surface area contributed by atoms with Gasteiger partial charge in [-0.25, -0.2) is 4.39 Å². The molecule has 0 heterocycles. The van der Waals surface area contributed by atoms with Crippen LogP contribution in [0.25, 0.3) is 0 Å². The highest BCUT2D eigenvalue weighted by atomic mass is 35.5. The first-order valence-electron chi connectivity index (χ1n) is 3.51. The molecule has 0 spiro atoms. The molecule has 14 heavy (non-hydrogen) atoms. The molecule has 1 aromatic rings. The van der Waals surface area contributed by atoms with Gasteiger partial charge in [-0.3, -0.25) is 0 Å². The van der Waals surface area contributed by atoms with Crippen molar-refractivity contribution in [3.05, 3.63) is 28.5 Å². The lowest BCUT2D eigenvalue weighted by molar-refractivity contribution is -0.0328. The van der Waals surface area contributed by atoms with Crippen LogP contribution in [0.3, 0.4) is 0 Å². The number of thioether (sulfide) groups is 1. The molecule has 0 aliphatic heterocycles. The van der Waals surface area contributed by atoms with Gasteiger partial charge < -0.3 is 0 Å². The van der Waals surface area contributed by atoms with Gasteiger partial charge in [-0.15, -0.1) is 0 Å². The quantitative estimate of drug-likeness (QED) is 0.521. The molecule has 0 N–H and O–H groups in total. The van der Waals surface area contributed by atoms with Gasteiger partial charge in [-0.2, -0.15) is 13.2 Å². The topological polar surface area (TPSA) is 0 Å². The predicted molar refractivity (Wildman–Crippen MR) is 48.1 cm³/mol. The van der Waals surface area contributed by atoms with Gasteiger partial charge in [0.2, 0.25) is 0 Å². The largest absolute Gasteiger partial charge is 0.446 e. The molecule has 0 aromatic heterocycles. The first kappa shape index (κ1) is 11.7. The number of benzene rings is 1. The van der Waals surface area contributed by atoms with Crippen molar-refractivity contribution < 1.29 is 17.6 Å². The maximum absolute atomic E-state index is 12.8. The van der Waals surface area contributed by atoms with E-state index in [-0.39, 0.29) is 27.2 Å². The van der Waals surface area contributed by atoms with Crippen LogP contribution in [0.4, 0.5) is 17.6 Å². The zero-order valence-corrected chi connectivity index (χ0v) is 8.53. The minimum atomic E-state index is -4.41. The van der Waals surface area contributed by atoms with Crippen LogP contribution in [-0.4, -0.2) is 5.51 Å². The van der Waals surface area contributed by atoms with E-state index < -0.39 is 11.3 Å². The summed E-state index contributed by atoms with van der Waals surface area (Å²) < 4.78 is 48.7. The molecule has 1 aromatic carbocycles. The molecular formula is C8H5ClF4S. The third-order valence-electron chi connectivity index (χ3n) is 1.51. The summed E-state index contributed by atoms with van der Waals surface area (Å²) in [6.45, 7) is 1.33. The second kappa shape index (κ2) is 3.98. The van der Waals surface area contributed by atoms with Gasteiger partial charge in [-0.1, -0.05) is 11.6 Å². The van der Waals surface area contributed by atoms with E-state index in [1.165, 1.54) is 6.92 Å². The summed E-state index contributed by atoms with van der Waals surface area (Å²) in [6, 6.07) is 1.98. The number of hydrogen-bond acceptors (Lipinski definition) is 1. The lowest BCUT2D eigenvalue weighted by Crippen LogP contribution is -2.00. The van der Waals surface area contributed by atoms with Crippen molar-refractivity contribution in [2.45, 2.75) is 17.3 Å². The average Bonchev–Trinajstić information content (AvgIpc) is 2.04. The minimum absolute atomic E-state index is 0.0286. The Kier molecular flexibility index (Phi) is 3.32. The fourth-order valence-electron chi connectivity index (χ4n) is 0.840. The van der Waals surface area contributed by atoms with Crippen molar-refractivity contribution in [2.24, 2.45) is 0 Å². The molecule has 0 unspecified atom stereocenters. The first-order chi connectivity index (χ1) is 6.31. The van der Waals surface area contributed by atoms with E-state index in [0.717, 1.165) is 12.1 Å². The summed E-state index contributed by atoms with van der Waals surface area (Å²) in [4.78, 5) is -0.182. The SMILES string of the molecule is Cc1c(F)ccc(SC(F)(F)F)c1Cl. The van der Waals surface area contributed by atoms with Gasteiger partial charge in [-0.05, 0) is 30.8 Å². The molecule has 6 heteroatoms. The molecule has 0 atom stereocenters. The van der Waals surface area contributed by atoms with E-state index in [0.29, 0.717) is 0 Å². The molecule has 0 nitrogen and oxygen atoms in total. The van der Waals surface area contributed by atoms with E-state index in [9.17, 15) is 17.6 Å². The Hall–Kier alpha value is -0.420. The van der Waals surface area contributed by atoms with Crippen molar-refractivity contribution in [3.8, 4) is 0 Å². The van der Waals surface area contributed by atoms with E-state index in [1.807, 2.05) is 0 Å². The normalized spacial score (nSPS) is 11.9. The van der Waals surface area contributed by atoms with Crippen LogP contribution in [0.1, 0.15) is 5.56 Å². The average molecular weight is 245 g/mol. The molecule has 1 rings (SSSR count). The Morgan fingerprint density at radius 1 is 1.29 bits per heavy atom. The molecule has 0 saturated heterocycles. The third-order valence-corrected chi connectivity index (χ3v) is 2.90. The van der Waals surface area contributed by atoms with Crippen LogP contribution in [0.2, 0.25) is 5.02 Å². The van der Waals surface area contributed by atoms with Crippen LogP contribution >= 0.6 is 23.4 Å². The summed E-state index contributed by atoms with van der Waals surface area (Å²) in [5, 5.41) is -0.188. The van der Waals surface area contributed by atoms with Gasteiger partial charge in [0.05, 0.1) is 5.02 Å². The van der Waals surface area contributed by atoms with E-state index >= 15 is 0 Å². The Morgan fingerprint density at radius 2 is 1.86 bits per heavy atom. The molecular weight excluding hydrogens is 240 g/mol. The second-order valence-corrected chi connectivity index (χ2v) is 4.02. The summed E-state index contributed by atoms with van der Waals surface area (Å²) in [6.07, 6.45) is 0. The molecule has 0 saturated carbocycles. The van der Waals surface area contributed by atoms with Crippen LogP contribution in [0, 0.1) is 12.7 Å². The number of hydrogen-bond donors (Lipinski definition) is 0. The van der Waals surface area contributed by atoms with Crippen LogP contribution in [0.15, 0.2) is 17.0 Å². The van der Waals surface area contributed by atoms with Gasteiger partial charge in [0, 0.05) is 10.5 Å². The number of halogens is 5. The monoisotopic (exact) mass is 244 g/mol. The highest BCUT2D eigenvalue weighted by molar-refractivity contribution is 8.00. The second-order valence-electron chi connectivity index (χ2n) is 2.53. The lowest BCUT2D eigenvalue weighted by Gasteiger charge is -2.09. The predicted octanol–water partition coefficient (Wildman–Crippen LogP) is 4.40. The standard InChI is InChI=1S/C8H5ClF4S/c1-4-5(10)2-3-6(7(4)9)14-8(11,12)13/h2-3H,1H3. The van der Waals surface area contributed by atoms with E-state index in [2.05, 4.69) is 0 Å². The maximum atomic E-state index is 12.8. The fraction of sp³-hybridized carbons (Fsp3) is 0.250. The zero-order chi connectivity index (χ0) is 10.9. The first-order valence-corrected chi connectivity index (χ1v) is 4.71. The summed E-state index contributed by atoms with van der Waals surface area (Å²) in [5.74, 6) is -0.610. The van der Waals surface area contributed by atoms with Crippen molar-refractivity contribution in [1.82, 2.24) is 0 Å². The van der Waals surface area contributed by atoms with E-state index in [4.69, 9.17) is 11.6 Å². The number of rotatable bonds is 1. The van der Waals surface area contributed by atoms with E-state index in [1.54, 1.807) is 0 Å². The minimum Gasteiger partial charge on any atom is -0.207 e. The Morgan fingerprint density at radius 3 is 2.36 bits per heavy atom. The number of alkyl halides is 3. The zero-order valence-electron chi connectivity index (χ0n) is 6.95. The molecule has 0 fully saturated rings. The Labute approximate surface area is 87.2 Å². The Bertz CT molecular complexity index is 348. The van der Waals surface area contributed by atoms with Crippen molar-refractivity contribution in [2.75, 3.05) is 0 Å². The summed E-state index contributed by atoms with van der Waals surface area (Å²) in [5.41, 5.74) is -4.38. The van der Waals surface area contributed by atoms with Crippen molar-refractivity contribution in [1.29, 1.82) is 0 Å². The molecule has 0 radical (unpaired) electrons. The van der Waals surface area contributed by atoms with Crippen LogP contribution in [0.5, 0.6) is 0 Å². The smallest absolute Gasteiger partial charge is 0.207 e. The highest BCUT2D eigenvalue weighted by Gasteiger charge is 2.30. The fourth-order valence-corrected chi connectivity index (χ4v) is 1.74. The van der Waals surface area contributed by atoms with Gasteiger partial charge >= 0.3 is 5.51 Å². The molecule has 0 aliphatic rings. The van der Waals surface area contributed by atoms with Gasteiger partial charge in [0.25, 0.3) is 0 Å². The lowest BCUT2D eigenvalue weighted by atomic mass is 10.2. The summed E-state index contributed by atoms with van der Waals surface area (Å²) >= 11 is 5.20. The summed E-state index contributed by atoms with van der Waals surface area (Å²) in [7, 11) is 0. The van der Waals surface area contributed by atoms with Gasteiger partial charge in [0.15, 0.2) is 0 Å². The Balaban J connectivity index is 3.06. The molecule has 0 aliphatic carbocycles. The molecule has 0 bridgehead atoms. The maximum Gasteiger partial charge on any atom is 0.446 e. The van der Waals surface area contributed by atoms with Crippen molar-refractivity contribution in [3.63, 3.8) is 0 Å². The molecule has 0 amide bonds. The highest BCUT2D eigenvalue weighted by Crippen LogP contribution is 2.41. The van der Waals surface area contributed by atoms with Crippen molar-refractivity contribution >= 4 is 23.4 Å².